The second kappa shape index (κ2) is 5.27. The van der Waals surface area contributed by atoms with Crippen LogP contribution in [0.5, 0.6) is 0 Å². The molecule has 0 aliphatic carbocycles. The third kappa shape index (κ3) is 2.45. The smallest absolute Gasteiger partial charge is 0.178 e. The summed E-state index contributed by atoms with van der Waals surface area (Å²) in [6, 6.07) is 5.96. The van der Waals surface area contributed by atoms with Gasteiger partial charge in [-0.3, -0.25) is 0 Å². The average molecular weight is 296 g/mol. The van der Waals surface area contributed by atoms with E-state index in [9.17, 15) is 0 Å². The fourth-order valence-electron chi connectivity index (χ4n) is 2.93. The van der Waals surface area contributed by atoms with Gasteiger partial charge in [-0.05, 0) is 49.8 Å². The van der Waals surface area contributed by atoms with Crippen LogP contribution in [0.3, 0.4) is 0 Å². The topological polar surface area (TPSA) is 24.0 Å². The third-order valence-corrected chi connectivity index (χ3v) is 4.65. The fourth-order valence-corrected chi connectivity index (χ4v) is 3.43. The van der Waals surface area contributed by atoms with E-state index in [2.05, 4.69) is 27.4 Å². The highest BCUT2D eigenvalue weighted by Gasteiger charge is 2.22. The van der Waals surface area contributed by atoms with Crippen LogP contribution in [0, 0.1) is 10.7 Å². The molecule has 0 amide bonds. The molecule has 2 heterocycles. The number of likely N-dealkylation sites (tertiary alicyclic amines) is 1. The van der Waals surface area contributed by atoms with Gasteiger partial charge in [-0.15, -0.1) is 0 Å². The van der Waals surface area contributed by atoms with Crippen molar-refractivity contribution in [1.82, 2.24) is 14.5 Å². The summed E-state index contributed by atoms with van der Waals surface area (Å²) in [5, 5.41) is 0.740. The summed E-state index contributed by atoms with van der Waals surface area (Å²) in [6.45, 7) is 6.72. The summed E-state index contributed by atoms with van der Waals surface area (Å²) < 4.78 is 2.97. The number of H-pyrrole nitrogens is 1. The normalized spacial score (nSPS) is 20.4. The molecule has 0 saturated carbocycles. The van der Waals surface area contributed by atoms with Gasteiger partial charge in [-0.1, -0.05) is 24.6 Å². The summed E-state index contributed by atoms with van der Waals surface area (Å²) in [5.41, 5.74) is 2.08. The van der Waals surface area contributed by atoms with E-state index in [4.69, 9.17) is 23.8 Å². The van der Waals surface area contributed by atoms with Crippen molar-refractivity contribution < 1.29 is 0 Å². The maximum Gasteiger partial charge on any atom is 0.178 e. The van der Waals surface area contributed by atoms with Crippen LogP contribution in [0.4, 0.5) is 0 Å². The van der Waals surface area contributed by atoms with Gasteiger partial charge < -0.3 is 14.5 Å². The molecule has 3 rings (SSSR count). The zero-order valence-electron chi connectivity index (χ0n) is 11.0. The lowest BCUT2D eigenvalue weighted by Crippen LogP contribution is -2.21. The third-order valence-electron chi connectivity index (χ3n) is 4.02. The largest absolute Gasteiger partial charge is 0.329 e. The first-order valence-electron chi connectivity index (χ1n) is 6.78. The minimum atomic E-state index is 0.685. The number of aromatic amines is 1. The molecule has 1 aliphatic rings. The standard InChI is InChI=1S/C14H18ClN3S/c1-2-17-7-6-10(8-17)9-18-12-5-3-4-11(15)13(12)16-14(18)19/h3-5,10H,2,6-9H2,1H3,(H,16,19). The van der Waals surface area contributed by atoms with Gasteiger partial charge in [0, 0.05) is 13.1 Å². The van der Waals surface area contributed by atoms with Crippen molar-refractivity contribution in [2.24, 2.45) is 5.92 Å². The van der Waals surface area contributed by atoms with Gasteiger partial charge in [0.25, 0.3) is 0 Å². The van der Waals surface area contributed by atoms with Crippen molar-refractivity contribution in [1.29, 1.82) is 0 Å². The molecule has 0 bridgehead atoms. The van der Waals surface area contributed by atoms with Crippen molar-refractivity contribution in [2.45, 2.75) is 19.9 Å². The number of nitrogens with zero attached hydrogens (tertiary/aromatic N) is 2. The lowest BCUT2D eigenvalue weighted by Gasteiger charge is -2.14. The first-order chi connectivity index (χ1) is 9.19. The van der Waals surface area contributed by atoms with Gasteiger partial charge in [0.1, 0.15) is 0 Å². The maximum atomic E-state index is 6.21. The maximum absolute atomic E-state index is 6.21. The lowest BCUT2D eigenvalue weighted by molar-refractivity contribution is 0.333. The zero-order chi connectivity index (χ0) is 13.4. The number of imidazole rings is 1. The highest BCUT2D eigenvalue weighted by Crippen LogP contribution is 2.25. The number of hydrogen-bond donors (Lipinski definition) is 1. The van der Waals surface area contributed by atoms with Crippen molar-refractivity contribution >= 4 is 34.9 Å². The van der Waals surface area contributed by atoms with Crippen LogP contribution in [-0.4, -0.2) is 34.1 Å². The first-order valence-corrected chi connectivity index (χ1v) is 7.57. The van der Waals surface area contributed by atoms with Crippen LogP contribution in [0.2, 0.25) is 5.02 Å². The summed E-state index contributed by atoms with van der Waals surface area (Å²) in [4.78, 5) is 5.72. The Morgan fingerprint density at radius 2 is 2.32 bits per heavy atom. The fraction of sp³-hybridized carbons (Fsp3) is 0.500. The van der Waals surface area contributed by atoms with E-state index in [1.165, 1.54) is 19.5 Å². The number of nitrogens with one attached hydrogen (secondary N) is 1. The molecule has 1 atom stereocenters. The van der Waals surface area contributed by atoms with E-state index in [-0.39, 0.29) is 0 Å². The molecule has 1 saturated heterocycles. The molecule has 1 unspecified atom stereocenters. The molecule has 1 aliphatic heterocycles. The van der Waals surface area contributed by atoms with Crippen molar-refractivity contribution in [3.63, 3.8) is 0 Å². The van der Waals surface area contributed by atoms with Gasteiger partial charge in [-0.25, -0.2) is 0 Å². The van der Waals surface area contributed by atoms with Gasteiger partial charge >= 0.3 is 0 Å². The van der Waals surface area contributed by atoms with Crippen LogP contribution >= 0.6 is 23.8 Å². The molecule has 1 aromatic heterocycles. The number of aromatic nitrogens is 2. The number of para-hydroxylation sites is 1. The van der Waals surface area contributed by atoms with Gasteiger partial charge in [0.05, 0.1) is 16.1 Å². The number of rotatable bonds is 3. The van der Waals surface area contributed by atoms with Gasteiger partial charge in [0.15, 0.2) is 4.77 Å². The van der Waals surface area contributed by atoms with Crippen LogP contribution in [-0.2, 0) is 6.54 Å². The molecular formula is C14H18ClN3S. The monoisotopic (exact) mass is 295 g/mol. The highest BCUT2D eigenvalue weighted by molar-refractivity contribution is 7.71. The van der Waals surface area contributed by atoms with E-state index in [0.29, 0.717) is 5.92 Å². The van der Waals surface area contributed by atoms with Crippen molar-refractivity contribution in [2.75, 3.05) is 19.6 Å². The van der Waals surface area contributed by atoms with E-state index < -0.39 is 0 Å². The van der Waals surface area contributed by atoms with Crippen LogP contribution in [0.15, 0.2) is 18.2 Å². The molecule has 102 valence electrons. The predicted octanol–water partition coefficient (Wildman–Crippen LogP) is 3.69. The highest BCUT2D eigenvalue weighted by atomic mass is 35.5. The molecule has 1 fully saturated rings. The number of fused-ring (bicyclic) bond motifs is 1. The minimum absolute atomic E-state index is 0.685. The first kappa shape index (κ1) is 13.2. The Morgan fingerprint density at radius 3 is 3.05 bits per heavy atom. The Morgan fingerprint density at radius 1 is 1.47 bits per heavy atom. The summed E-state index contributed by atoms with van der Waals surface area (Å²) >= 11 is 11.6. The van der Waals surface area contributed by atoms with Crippen molar-refractivity contribution in [3.05, 3.63) is 28.0 Å². The average Bonchev–Trinajstić information content (AvgIpc) is 2.97. The Labute approximate surface area is 123 Å². The molecule has 19 heavy (non-hydrogen) atoms. The van der Waals surface area contributed by atoms with Crippen LogP contribution in [0.1, 0.15) is 13.3 Å². The van der Waals surface area contributed by atoms with Crippen molar-refractivity contribution in [3.8, 4) is 0 Å². The minimum Gasteiger partial charge on any atom is -0.329 e. The van der Waals surface area contributed by atoms with Crippen LogP contribution < -0.4 is 0 Å². The Balaban J connectivity index is 1.91. The lowest BCUT2D eigenvalue weighted by atomic mass is 10.1. The molecule has 0 radical (unpaired) electrons. The van der Waals surface area contributed by atoms with Crippen LogP contribution in [0.25, 0.3) is 11.0 Å². The second-order valence-electron chi connectivity index (χ2n) is 5.22. The Kier molecular flexibility index (Phi) is 3.65. The van der Waals surface area contributed by atoms with E-state index in [1.807, 2.05) is 12.1 Å². The summed E-state index contributed by atoms with van der Waals surface area (Å²) in [6.07, 6.45) is 1.25. The van der Waals surface area contributed by atoms with Gasteiger partial charge in [-0.2, -0.15) is 0 Å². The second-order valence-corrected chi connectivity index (χ2v) is 6.02. The molecule has 3 nitrogen and oxygen atoms in total. The SMILES string of the molecule is CCN1CCC(Cn2c(=S)[nH]c3c(Cl)cccc32)C1. The molecule has 1 aromatic carbocycles. The molecule has 5 heteroatoms. The quantitative estimate of drug-likeness (QED) is 0.873. The summed E-state index contributed by atoms with van der Waals surface area (Å²) in [7, 11) is 0. The molecule has 1 N–H and O–H groups in total. The van der Waals surface area contributed by atoms with Gasteiger partial charge in [0.2, 0.25) is 0 Å². The molecular weight excluding hydrogens is 278 g/mol. The molecule has 2 aromatic rings. The summed E-state index contributed by atoms with van der Waals surface area (Å²) in [5.74, 6) is 0.685. The number of hydrogen-bond acceptors (Lipinski definition) is 2. The predicted molar refractivity (Wildman–Crippen MR) is 82.4 cm³/mol. The van der Waals surface area contributed by atoms with E-state index in [0.717, 1.165) is 33.9 Å². The van der Waals surface area contributed by atoms with E-state index in [1.54, 1.807) is 0 Å². The van der Waals surface area contributed by atoms with E-state index >= 15 is 0 Å². The number of benzene rings is 1. The Bertz CT molecular complexity index is 646. The zero-order valence-corrected chi connectivity index (χ0v) is 12.6. The number of halogens is 1. The Hall–Kier alpha value is -0.840. The molecule has 0 spiro atoms.